The van der Waals surface area contributed by atoms with Gasteiger partial charge in [0.25, 0.3) is 0 Å². The molecule has 1 aromatic rings. The van der Waals surface area contributed by atoms with Gasteiger partial charge in [0.2, 0.25) is 10.0 Å². The maximum Gasteiger partial charge on any atom is 0.218 e. The fourth-order valence-corrected chi connectivity index (χ4v) is 3.92. The van der Waals surface area contributed by atoms with Crippen molar-refractivity contribution in [2.24, 2.45) is 5.73 Å². The Bertz CT molecular complexity index is 592. The number of nitrogens with zero attached hydrogens (tertiary/aromatic N) is 2. The zero-order valence-corrected chi connectivity index (χ0v) is 11.4. The standard InChI is InChI=1S/C13H17N3O2S/c14-8-11-4-1-2-5-12(11)10-19(17,18)16-7-3-6-13(15)9-16/h1-2,4-5,13H,3,6-7,9-10,15H2. The second kappa shape index (κ2) is 5.70. The third-order valence-electron chi connectivity index (χ3n) is 3.29. The fraction of sp³-hybridized carbons (Fsp3) is 0.462. The maximum absolute atomic E-state index is 12.3. The molecule has 0 saturated carbocycles. The third kappa shape index (κ3) is 3.32. The van der Waals surface area contributed by atoms with E-state index < -0.39 is 10.0 Å². The second-order valence-corrected chi connectivity index (χ2v) is 6.75. The van der Waals surface area contributed by atoms with Crippen LogP contribution in [0.1, 0.15) is 24.0 Å². The maximum atomic E-state index is 12.3. The highest BCUT2D eigenvalue weighted by atomic mass is 32.2. The molecular formula is C13H17N3O2S. The molecule has 0 aromatic heterocycles. The molecule has 1 unspecified atom stereocenters. The van der Waals surface area contributed by atoms with Gasteiger partial charge in [-0.3, -0.25) is 0 Å². The summed E-state index contributed by atoms with van der Waals surface area (Å²) in [6, 6.07) is 8.72. The van der Waals surface area contributed by atoms with E-state index in [9.17, 15) is 8.42 Å². The van der Waals surface area contributed by atoms with Gasteiger partial charge in [-0.25, -0.2) is 12.7 Å². The predicted molar refractivity (Wildman–Crippen MR) is 72.6 cm³/mol. The van der Waals surface area contributed by atoms with Crippen molar-refractivity contribution >= 4 is 10.0 Å². The van der Waals surface area contributed by atoms with E-state index in [1.54, 1.807) is 24.3 Å². The van der Waals surface area contributed by atoms with E-state index in [0.29, 0.717) is 24.2 Å². The van der Waals surface area contributed by atoms with Gasteiger partial charge in [0.1, 0.15) is 0 Å². The molecule has 0 radical (unpaired) electrons. The van der Waals surface area contributed by atoms with E-state index in [1.807, 2.05) is 6.07 Å². The molecule has 2 N–H and O–H groups in total. The fourth-order valence-electron chi connectivity index (χ4n) is 2.27. The van der Waals surface area contributed by atoms with Crippen molar-refractivity contribution in [3.05, 3.63) is 35.4 Å². The van der Waals surface area contributed by atoms with Crippen LogP contribution in [0.5, 0.6) is 0 Å². The summed E-state index contributed by atoms with van der Waals surface area (Å²) in [6.45, 7) is 0.891. The SMILES string of the molecule is N#Cc1ccccc1CS(=O)(=O)N1CCCC(N)C1. The van der Waals surface area contributed by atoms with Crippen molar-refractivity contribution in [2.45, 2.75) is 24.6 Å². The molecule has 1 atom stereocenters. The normalized spacial score (nSPS) is 20.9. The molecule has 1 aliphatic rings. The summed E-state index contributed by atoms with van der Waals surface area (Å²) in [7, 11) is -3.40. The van der Waals surface area contributed by atoms with Gasteiger partial charge in [-0.05, 0) is 24.5 Å². The van der Waals surface area contributed by atoms with Crippen LogP contribution in [-0.2, 0) is 15.8 Å². The highest BCUT2D eigenvalue weighted by molar-refractivity contribution is 7.88. The Morgan fingerprint density at radius 2 is 2.16 bits per heavy atom. The largest absolute Gasteiger partial charge is 0.327 e. The molecule has 2 rings (SSSR count). The Morgan fingerprint density at radius 3 is 2.84 bits per heavy atom. The summed E-state index contributed by atoms with van der Waals surface area (Å²) in [4.78, 5) is 0. The average Bonchev–Trinajstić information content (AvgIpc) is 2.39. The number of sulfonamides is 1. The van der Waals surface area contributed by atoms with Crippen LogP contribution in [-0.4, -0.2) is 31.9 Å². The minimum Gasteiger partial charge on any atom is -0.327 e. The molecule has 0 aliphatic carbocycles. The first-order valence-electron chi connectivity index (χ1n) is 6.24. The Morgan fingerprint density at radius 1 is 1.42 bits per heavy atom. The number of benzene rings is 1. The molecular weight excluding hydrogens is 262 g/mol. The van der Waals surface area contributed by atoms with Crippen LogP contribution in [0.4, 0.5) is 0 Å². The number of hydrogen-bond acceptors (Lipinski definition) is 4. The van der Waals surface area contributed by atoms with Gasteiger partial charge in [0.05, 0.1) is 17.4 Å². The minimum absolute atomic E-state index is 0.0882. The Hall–Kier alpha value is -1.42. The third-order valence-corrected chi connectivity index (χ3v) is 5.08. The number of rotatable bonds is 3. The molecule has 5 nitrogen and oxygen atoms in total. The van der Waals surface area contributed by atoms with E-state index >= 15 is 0 Å². The number of nitriles is 1. The van der Waals surface area contributed by atoms with Crippen LogP contribution in [0.25, 0.3) is 0 Å². The van der Waals surface area contributed by atoms with Crippen LogP contribution in [0, 0.1) is 11.3 Å². The van der Waals surface area contributed by atoms with E-state index in [0.717, 1.165) is 12.8 Å². The van der Waals surface area contributed by atoms with Crippen molar-refractivity contribution in [1.29, 1.82) is 5.26 Å². The quantitative estimate of drug-likeness (QED) is 0.887. The molecule has 1 aromatic carbocycles. The van der Waals surface area contributed by atoms with Crippen molar-refractivity contribution in [3.63, 3.8) is 0 Å². The minimum atomic E-state index is -3.40. The van der Waals surface area contributed by atoms with Gasteiger partial charge < -0.3 is 5.73 Å². The summed E-state index contributed by atoms with van der Waals surface area (Å²) in [6.07, 6.45) is 1.65. The first-order valence-corrected chi connectivity index (χ1v) is 7.85. The van der Waals surface area contributed by atoms with Gasteiger partial charge in [-0.15, -0.1) is 0 Å². The Balaban J connectivity index is 2.19. The lowest BCUT2D eigenvalue weighted by Gasteiger charge is -2.29. The molecule has 1 heterocycles. The lowest BCUT2D eigenvalue weighted by molar-refractivity contribution is 0.316. The van der Waals surface area contributed by atoms with Crippen LogP contribution >= 0.6 is 0 Å². The lowest BCUT2D eigenvalue weighted by atomic mass is 10.1. The average molecular weight is 279 g/mol. The molecule has 0 amide bonds. The number of piperidine rings is 1. The Kier molecular flexibility index (Phi) is 4.20. The van der Waals surface area contributed by atoms with Gasteiger partial charge in [0.15, 0.2) is 0 Å². The van der Waals surface area contributed by atoms with Gasteiger partial charge in [-0.1, -0.05) is 18.2 Å². The van der Waals surface area contributed by atoms with Crippen molar-refractivity contribution in [3.8, 4) is 6.07 Å². The molecule has 6 heteroatoms. The predicted octanol–water partition coefficient (Wildman–Crippen LogP) is 0.811. The first kappa shape index (κ1) is 14.0. The van der Waals surface area contributed by atoms with Crippen LogP contribution in [0.2, 0.25) is 0 Å². The summed E-state index contributed by atoms with van der Waals surface area (Å²) >= 11 is 0. The van der Waals surface area contributed by atoms with Crippen LogP contribution in [0.15, 0.2) is 24.3 Å². The highest BCUT2D eigenvalue weighted by Crippen LogP contribution is 2.18. The van der Waals surface area contributed by atoms with E-state index in [2.05, 4.69) is 0 Å². The summed E-state index contributed by atoms with van der Waals surface area (Å²) < 4.78 is 26.1. The topological polar surface area (TPSA) is 87.2 Å². The summed E-state index contributed by atoms with van der Waals surface area (Å²) in [5.74, 6) is -0.135. The lowest BCUT2D eigenvalue weighted by Crippen LogP contribution is -2.46. The van der Waals surface area contributed by atoms with Crippen LogP contribution < -0.4 is 5.73 Å². The Labute approximate surface area is 113 Å². The van der Waals surface area contributed by atoms with E-state index in [4.69, 9.17) is 11.0 Å². The molecule has 19 heavy (non-hydrogen) atoms. The van der Waals surface area contributed by atoms with Gasteiger partial charge in [-0.2, -0.15) is 5.26 Å². The van der Waals surface area contributed by atoms with Crippen molar-refractivity contribution in [1.82, 2.24) is 4.31 Å². The summed E-state index contributed by atoms with van der Waals surface area (Å²) in [5.41, 5.74) is 6.77. The van der Waals surface area contributed by atoms with E-state index in [1.165, 1.54) is 4.31 Å². The summed E-state index contributed by atoms with van der Waals surface area (Å²) in [5, 5.41) is 8.99. The van der Waals surface area contributed by atoms with Gasteiger partial charge >= 0.3 is 0 Å². The highest BCUT2D eigenvalue weighted by Gasteiger charge is 2.27. The molecule has 102 valence electrons. The smallest absolute Gasteiger partial charge is 0.218 e. The molecule has 1 aliphatic heterocycles. The number of nitrogens with two attached hydrogens (primary N) is 1. The first-order chi connectivity index (χ1) is 9.03. The molecule has 0 bridgehead atoms. The molecule has 1 fully saturated rings. The molecule has 0 spiro atoms. The zero-order valence-electron chi connectivity index (χ0n) is 10.6. The second-order valence-electron chi connectivity index (χ2n) is 4.79. The zero-order chi connectivity index (χ0) is 13.9. The van der Waals surface area contributed by atoms with Crippen LogP contribution in [0.3, 0.4) is 0 Å². The molecule has 1 saturated heterocycles. The number of hydrogen-bond donors (Lipinski definition) is 1. The van der Waals surface area contributed by atoms with Crippen molar-refractivity contribution in [2.75, 3.05) is 13.1 Å². The van der Waals surface area contributed by atoms with E-state index in [-0.39, 0.29) is 11.8 Å². The van der Waals surface area contributed by atoms with Crippen molar-refractivity contribution < 1.29 is 8.42 Å². The van der Waals surface area contributed by atoms with Gasteiger partial charge in [0, 0.05) is 19.1 Å². The monoisotopic (exact) mass is 279 g/mol.